The van der Waals surface area contributed by atoms with Gasteiger partial charge in [0.25, 0.3) is 0 Å². The number of hydrogen-bond donors (Lipinski definition) is 1. The fraction of sp³-hybridized carbons (Fsp3) is 0.471. The van der Waals surface area contributed by atoms with Gasteiger partial charge in [-0.1, -0.05) is 13.0 Å². The molecule has 21 heavy (non-hydrogen) atoms. The third kappa shape index (κ3) is 3.51. The van der Waals surface area contributed by atoms with Crippen LogP contribution in [0.25, 0.3) is 0 Å². The van der Waals surface area contributed by atoms with Crippen LogP contribution < -0.4 is 5.73 Å². The Hall–Kier alpha value is -1.23. The van der Waals surface area contributed by atoms with E-state index in [-0.39, 0.29) is 12.1 Å². The van der Waals surface area contributed by atoms with Gasteiger partial charge in [-0.2, -0.15) is 11.3 Å². The summed E-state index contributed by atoms with van der Waals surface area (Å²) in [5.74, 6) is 0. The molecule has 4 heteroatoms. The molecule has 2 heterocycles. The van der Waals surface area contributed by atoms with Crippen molar-refractivity contribution in [3.05, 3.63) is 52.5 Å². The second kappa shape index (κ2) is 6.69. The minimum atomic E-state index is 0.147. The molecule has 1 aliphatic rings. The lowest BCUT2D eigenvalue weighted by Gasteiger charge is -2.35. The summed E-state index contributed by atoms with van der Waals surface area (Å²) in [5.41, 5.74) is 9.11. The number of hydrogen-bond acceptors (Lipinski definition) is 4. The topological polar surface area (TPSA) is 42.1 Å². The van der Waals surface area contributed by atoms with Gasteiger partial charge in [0.15, 0.2) is 0 Å². The van der Waals surface area contributed by atoms with Gasteiger partial charge in [-0.15, -0.1) is 0 Å². The molecule has 2 N–H and O–H groups in total. The first kappa shape index (κ1) is 14.7. The molecule has 0 saturated heterocycles. The number of aromatic nitrogens is 1. The second-order valence-corrected chi connectivity index (χ2v) is 6.62. The zero-order valence-corrected chi connectivity index (χ0v) is 13.3. The Labute approximate surface area is 130 Å². The largest absolute Gasteiger partial charge is 0.326 e. The summed E-state index contributed by atoms with van der Waals surface area (Å²) in [7, 11) is 0. The zero-order valence-electron chi connectivity index (χ0n) is 12.5. The van der Waals surface area contributed by atoms with Gasteiger partial charge in [0, 0.05) is 31.0 Å². The summed E-state index contributed by atoms with van der Waals surface area (Å²) in [4.78, 5) is 6.89. The number of nitrogens with zero attached hydrogens (tertiary/aromatic N) is 2. The molecule has 112 valence electrons. The van der Waals surface area contributed by atoms with Gasteiger partial charge in [-0.25, -0.2) is 0 Å². The first-order chi connectivity index (χ1) is 10.3. The molecule has 1 fully saturated rings. The van der Waals surface area contributed by atoms with Gasteiger partial charge in [-0.3, -0.25) is 9.88 Å². The molecule has 0 bridgehead atoms. The molecule has 3 nitrogen and oxygen atoms in total. The van der Waals surface area contributed by atoms with E-state index in [1.807, 2.05) is 18.5 Å². The van der Waals surface area contributed by atoms with Gasteiger partial charge in [0.2, 0.25) is 0 Å². The molecule has 1 aliphatic carbocycles. The molecule has 0 spiro atoms. The molecule has 2 atom stereocenters. The summed E-state index contributed by atoms with van der Waals surface area (Å²) in [6.07, 6.45) is 7.36. The molecule has 1 saturated carbocycles. The van der Waals surface area contributed by atoms with Gasteiger partial charge < -0.3 is 5.73 Å². The van der Waals surface area contributed by atoms with Crippen molar-refractivity contribution in [3.8, 4) is 0 Å². The lowest BCUT2D eigenvalue weighted by Crippen LogP contribution is -2.41. The normalized spacial score (nSPS) is 17.9. The molecular weight excluding hydrogens is 278 g/mol. The van der Waals surface area contributed by atoms with Crippen LogP contribution in [0.15, 0.2) is 41.4 Å². The fourth-order valence-corrected chi connectivity index (χ4v) is 3.57. The zero-order chi connectivity index (χ0) is 14.7. The van der Waals surface area contributed by atoms with Crippen LogP contribution in [0.1, 0.15) is 43.4 Å². The Kier molecular flexibility index (Phi) is 4.68. The van der Waals surface area contributed by atoms with E-state index in [0.29, 0.717) is 6.04 Å². The standard InChI is InChI=1S/C17H23N3S/c1-2-16(18)17(14-4-3-8-19-10-14)20(15-5-6-15)11-13-7-9-21-12-13/h3-4,7-10,12,15-17H,2,5-6,11,18H2,1H3. The van der Waals surface area contributed by atoms with E-state index < -0.39 is 0 Å². The molecular formula is C17H23N3S. The lowest BCUT2D eigenvalue weighted by atomic mass is 9.97. The maximum absolute atomic E-state index is 6.48. The summed E-state index contributed by atoms with van der Waals surface area (Å²) < 4.78 is 0. The summed E-state index contributed by atoms with van der Waals surface area (Å²) in [6.45, 7) is 3.16. The average molecular weight is 301 g/mol. The quantitative estimate of drug-likeness (QED) is 0.850. The minimum absolute atomic E-state index is 0.147. The lowest BCUT2D eigenvalue weighted by molar-refractivity contribution is 0.150. The van der Waals surface area contributed by atoms with Crippen LogP contribution in [0.3, 0.4) is 0 Å². The molecule has 2 aromatic heterocycles. The Morgan fingerprint density at radius 2 is 2.29 bits per heavy atom. The predicted octanol–water partition coefficient (Wildman–Crippen LogP) is 3.59. The van der Waals surface area contributed by atoms with Crippen LogP contribution in [-0.4, -0.2) is 22.0 Å². The van der Waals surface area contributed by atoms with Gasteiger partial charge in [0.05, 0.1) is 6.04 Å². The van der Waals surface area contributed by atoms with Crippen molar-refractivity contribution >= 4 is 11.3 Å². The molecule has 0 aromatic carbocycles. The highest BCUT2D eigenvalue weighted by atomic mass is 32.1. The average Bonchev–Trinajstić information content (AvgIpc) is 3.24. The van der Waals surface area contributed by atoms with Crippen molar-refractivity contribution in [2.45, 2.75) is 50.9 Å². The van der Waals surface area contributed by atoms with Crippen LogP contribution in [0.4, 0.5) is 0 Å². The SMILES string of the molecule is CCC(N)C(c1cccnc1)N(Cc1ccsc1)C1CC1. The second-order valence-electron chi connectivity index (χ2n) is 5.84. The Balaban J connectivity index is 1.88. The Bertz CT molecular complexity index is 536. The van der Waals surface area contributed by atoms with Crippen LogP contribution in [0, 0.1) is 0 Å². The van der Waals surface area contributed by atoms with Gasteiger partial charge in [0.1, 0.15) is 0 Å². The first-order valence-corrected chi connectivity index (χ1v) is 8.66. The van der Waals surface area contributed by atoms with E-state index >= 15 is 0 Å². The van der Waals surface area contributed by atoms with E-state index in [0.717, 1.165) is 13.0 Å². The molecule has 3 rings (SSSR count). The maximum atomic E-state index is 6.48. The van der Waals surface area contributed by atoms with Crippen LogP contribution in [0.5, 0.6) is 0 Å². The summed E-state index contributed by atoms with van der Waals surface area (Å²) in [5, 5.41) is 4.40. The van der Waals surface area contributed by atoms with E-state index in [2.05, 4.69) is 39.7 Å². The van der Waals surface area contributed by atoms with E-state index in [1.165, 1.54) is 24.0 Å². The first-order valence-electron chi connectivity index (χ1n) is 7.72. The number of nitrogens with two attached hydrogens (primary N) is 1. The van der Waals surface area contributed by atoms with E-state index in [1.54, 1.807) is 11.3 Å². The third-order valence-electron chi connectivity index (χ3n) is 4.22. The van der Waals surface area contributed by atoms with Crippen molar-refractivity contribution in [2.24, 2.45) is 5.73 Å². The summed E-state index contributed by atoms with van der Waals surface area (Å²) in [6, 6.07) is 7.48. The minimum Gasteiger partial charge on any atom is -0.326 e. The van der Waals surface area contributed by atoms with Gasteiger partial charge in [-0.05, 0) is 53.3 Å². The monoisotopic (exact) mass is 301 g/mol. The van der Waals surface area contributed by atoms with E-state index in [4.69, 9.17) is 5.73 Å². The molecule has 0 amide bonds. The van der Waals surface area contributed by atoms with Crippen molar-refractivity contribution < 1.29 is 0 Å². The molecule has 2 aromatic rings. The summed E-state index contributed by atoms with van der Waals surface area (Å²) >= 11 is 1.77. The van der Waals surface area contributed by atoms with Crippen LogP contribution in [-0.2, 0) is 6.54 Å². The Morgan fingerprint density at radius 3 is 2.86 bits per heavy atom. The molecule has 2 unspecified atom stereocenters. The van der Waals surface area contributed by atoms with Gasteiger partial charge >= 0.3 is 0 Å². The number of thiophene rings is 1. The smallest absolute Gasteiger partial charge is 0.0520 e. The Morgan fingerprint density at radius 1 is 1.43 bits per heavy atom. The molecule has 0 aliphatic heterocycles. The highest BCUT2D eigenvalue weighted by Crippen LogP contribution is 2.37. The third-order valence-corrected chi connectivity index (χ3v) is 4.95. The van der Waals surface area contributed by atoms with Crippen molar-refractivity contribution in [3.63, 3.8) is 0 Å². The van der Waals surface area contributed by atoms with Crippen molar-refractivity contribution in [1.29, 1.82) is 0 Å². The predicted molar refractivity (Wildman–Crippen MR) is 88.1 cm³/mol. The highest BCUT2D eigenvalue weighted by Gasteiger charge is 2.37. The van der Waals surface area contributed by atoms with Crippen LogP contribution in [0.2, 0.25) is 0 Å². The van der Waals surface area contributed by atoms with Crippen LogP contribution >= 0.6 is 11.3 Å². The van der Waals surface area contributed by atoms with Crippen molar-refractivity contribution in [2.75, 3.05) is 0 Å². The number of rotatable bonds is 7. The fourth-order valence-electron chi connectivity index (χ4n) is 2.91. The van der Waals surface area contributed by atoms with E-state index in [9.17, 15) is 0 Å². The molecule has 0 radical (unpaired) electrons. The number of pyridine rings is 1. The highest BCUT2D eigenvalue weighted by molar-refractivity contribution is 7.07. The van der Waals surface area contributed by atoms with Crippen molar-refractivity contribution in [1.82, 2.24) is 9.88 Å². The maximum Gasteiger partial charge on any atom is 0.0520 e.